The second kappa shape index (κ2) is 11.4. The lowest BCUT2D eigenvalue weighted by atomic mass is 10.0. The van der Waals surface area contributed by atoms with Crippen LogP contribution in [0.2, 0.25) is 5.02 Å². The molecule has 4 rings (SSSR count). The minimum Gasteiger partial charge on any atom is -0.376 e. The van der Waals surface area contributed by atoms with Crippen LogP contribution >= 0.6 is 11.6 Å². The normalized spacial score (nSPS) is 16.4. The Morgan fingerprint density at radius 1 is 1.19 bits per heavy atom. The van der Waals surface area contributed by atoms with Gasteiger partial charge in [-0.3, -0.25) is 9.59 Å². The van der Waals surface area contributed by atoms with Crippen molar-refractivity contribution in [1.82, 2.24) is 30.4 Å². The molecule has 1 aliphatic heterocycles. The Balaban J connectivity index is 1.64. The van der Waals surface area contributed by atoms with Gasteiger partial charge in [-0.1, -0.05) is 23.7 Å². The molecular weight excluding hydrogens is 499 g/mol. The standard InChI is InChI=1S/C26H30ClFN6O3/c1-26(2,3)29-25(36)23(17-6-10-19(27)11-7-17)33(15-21-5-4-14-37-21)22(35)16-34-31-24(30-32-34)18-8-12-20(28)13-9-18/h6-13,21,23H,4-5,14-16H2,1-3H3,(H,29,36)/t21-,23+/m0/s1. The molecule has 2 amide bonds. The Kier molecular flexibility index (Phi) is 8.19. The highest BCUT2D eigenvalue weighted by Crippen LogP contribution is 2.27. The zero-order valence-electron chi connectivity index (χ0n) is 21.0. The fourth-order valence-corrected chi connectivity index (χ4v) is 4.28. The Labute approximate surface area is 219 Å². The molecule has 0 radical (unpaired) electrons. The third-order valence-electron chi connectivity index (χ3n) is 5.82. The number of ether oxygens (including phenoxy) is 1. The van der Waals surface area contributed by atoms with Gasteiger partial charge < -0.3 is 15.0 Å². The summed E-state index contributed by atoms with van der Waals surface area (Å²) in [5.41, 5.74) is 0.675. The topological polar surface area (TPSA) is 102 Å². The molecular formula is C26H30ClFN6O3. The largest absolute Gasteiger partial charge is 0.376 e. The molecule has 1 aromatic heterocycles. The highest BCUT2D eigenvalue weighted by molar-refractivity contribution is 6.30. The molecule has 1 N–H and O–H groups in total. The summed E-state index contributed by atoms with van der Waals surface area (Å²) in [5.74, 6) is -0.807. The average Bonchev–Trinajstić information content (AvgIpc) is 3.51. The molecule has 0 saturated carbocycles. The molecule has 196 valence electrons. The minimum absolute atomic E-state index is 0.195. The third kappa shape index (κ3) is 7.11. The molecule has 2 heterocycles. The number of nitrogens with one attached hydrogen (secondary N) is 1. The van der Waals surface area contributed by atoms with Gasteiger partial charge in [0.1, 0.15) is 18.4 Å². The predicted molar refractivity (Wildman–Crippen MR) is 136 cm³/mol. The lowest BCUT2D eigenvalue weighted by molar-refractivity contribution is -0.144. The zero-order chi connectivity index (χ0) is 26.6. The number of tetrazole rings is 1. The molecule has 37 heavy (non-hydrogen) atoms. The number of nitrogens with zero attached hydrogens (tertiary/aromatic N) is 5. The van der Waals surface area contributed by atoms with E-state index >= 15 is 0 Å². The third-order valence-corrected chi connectivity index (χ3v) is 6.07. The fourth-order valence-electron chi connectivity index (χ4n) is 4.15. The number of benzene rings is 2. The Morgan fingerprint density at radius 3 is 2.51 bits per heavy atom. The number of amides is 2. The Bertz CT molecular complexity index is 1220. The maximum atomic E-state index is 13.7. The van der Waals surface area contributed by atoms with Gasteiger partial charge in [0.05, 0.1) is 6.10 Å². The maximum absolute atomic E-state index is 13.7. The van der Waals surface area contributed by atoms with Crippen LogP contribution in [0.5, 0.6) is 0 Å². The van der Waals surface area contributed by atoms with E-state index in [1.165, 1.54) is 34.0 Å². The van der Waals surface area contributed by atoms with Crippen LogP contribution in [-0.2, 0) is 20.9 Å². The number of rotatable bonds is 8. The van der Waals surface area contributed by atoms with Crippen molar-refractivity contribution < 1.29 is 18.7 Å². The lowest BCUT2D eigenvalue weighted by Gasteiger charge is -2.35. The van der Waals surface area contributed by atoms with Crippen LogP contribution in [0, 0.1) is 5.82 Å². The summed E-state index contributed by atoms with van der Waals surface area (Å²) in [6.45, 7) is 6.24. The molecule has 9 nitrogen and oxygen atoms in total. The molecule has 0 spiro atoms. The van der Waals surface area contributed by atoms with Crippen LogP contribution in [-0.4, -0.2) is 61.7 Å². The van der Waals surface area contributed by atoms with Crippen molar-refractivity contribution in [2.75, 3.05) is 13.2 Å². The summed E-state index contributed by atoms with van der Waals surface area (Å²) in [4.78, 5) is 30.0. The summed E-state index contributed by atoms with van der Waals surface area (Å²) in [6.07, 6.45) is 1.48. The zero-order valence-corrected chi connectivity index (χ0v) is 21.8. The number of halogens is 2. The minimum atomic E-state index is -0.923. The molecule has 1 aliphatic rings. The van der Waals surface area contributed by atoms with E-state index in [9.17, 15) is 14.0 Å². The van der Waals surface area contributed by atoms with E-state index in [0.29, 0.717) is 22.8 Å². The van der Waals surface area contributed by atoms with E-state index in [-0.39, 0.29) is 42.6 Å². The number of carbonyl (C=O) groups excluding carboxylic acids is 2. The predicted octanol–water partition coefficient (Wildman–Crippen LogP) is 3.80. The highest BCUT2D eigenvalue weighted by atomic mass is 35.5. The van der Waals surface area contributed by atoms with Gasteiger partial charge in [0, 0.05) is 29.3 Å². The van der Waals surface area contributed by atoms with E-state index in [1.807, 2.05) is 20.8 Å². The van der Waals surface area contributed by atoms with Gasteiger partial charge in [-0.25, -0.2) is 4.39 Å². The van der Waals surface area contributed by atoms with Crippen molar-refractivity contribution >= 4 is 23.4 Å². The van der Waals surface area contributed by atoms with E-state index in [2.05, 4.69) is 20.7 Å². The summed E-state index contributed by atoms with van der Waals surface area (Å²) >= 11 is 6.10. The quantitative estimate of drug-likeness (QED) is 0.477. The van der Waals surface area contributed by atoms with Gasteiger partial charge in [0.2, 0.25) is 17.6 Å². The smallest absolute Gasteiger partial charge is 0.247 e. The van der Waals surface area contributed by atoms with Crippen LogP contribution in [0.3, 0.4) is 0 Å². The van der Waals surface area contributed by atoms with Crippen LogP contribution in [0.25, 0.3) is 11.4 Å². The average molecular weight is 529 g/mol. The maximum Gasteiger partial charge on any atom is 0.247 e. The highest BCUT2D eigenvalue weighted by Gasteiger charge is 2.35. The first-order valence-corrected chi connectivity index (χ1v) is 12.5. The summed E-state index contributed by atoms with van der Waals surface area (Å²) in [5, 5.41) is 15.8. The lowest BCUT2D eigenvalue weighted by Crippen LogP contribution is -2.51. The molecule has 0 bridgehead atoms. The van der Waals surface area contributed by atoms with Gasteiger partial charge in [0.15, 0.2) is 0 Å². The first kappa shape index (κ1) is 26.7. The Hall–Kier alpha value is -3.37. The molecule has 1 fully saturated rings. The van der Waals surface area contributed by atoms with Gasteiger partial charge >= 0.3 is 0 Å². The van der Waals surface area contributed by atoms with Crippen molar-refractivity contribution in [3.63, 3.8) is 0 Å². The van der Waals surface area contributed by atoms with Crippen LogP contribution in [0.1, 0.15) is 45.2 Å². The Morgan fingerprint density at radius 2 is 1.89 bits per heavy atom. The molecule has 0 unspecified atom stereocenters. The van der Waals surface area contributed by atoms with Gasteiger partial charge in [-0.05, 0) is 80.8 Å². The van der Waals surface area contributed by atoms with Crippen molar-refractivity contribution in [3.05, 3.63) is 64.9 Å². The number of hydrogen-bond donors (Lipinski definition) is 1. The SMILES string of the molecule is CC(C)(C)NC(=O)[C@@H](c1ccc(Cl)cc1)N(C[C@@H]1CCCO1)C(=O)Cn1nnc(-c2ccc(F)cc2)n1. The van der Waals surface area contributed by atoms with E-state index in [0.717, 1.165) is 12.8 Å². The summed E-state index contributed by atoms with van der Waals surface area (Å²) in [7, 11) is 0. The number of carbonyl (C=O) groups is 2. The van der Waals surface area contributed by atoms with Crippen molar-refractivity contribution in [2.24, 2.45) is 0 Å². The molecule has 11 heteroatoms. The van der Waals surface area contributed by atoms with Crippen LogP contribution in [0.4, 0.5) is 4.39 Å². The molecule has 1 saturated heterocycles. The van der Waals surface area contributed by atoms with E-state index in [4.69, 9.17) is 16.3 Å². The first-order chi connectivity index (χ1) is 17.6. The van der Waals surface area contributed by atoms with Crippen LogP contribution in [0.15, 0.2) is 48.5 Å². The summed E-state index contributed by atoms with van der Waals surface area (Å²) < 4.78 is 19.1. The van der Waals surface area contributed by atoms with Crippen molar-refractivity contribution in [3.8, 4) is 11.4 Å². The van der Waals surface area contributed by atoms with E-state index in [1.54, 1.807) is 24.3 Å². The molecule has 2 aromatic carbocycles. The number of hydrogen-bond acceptors (Lipinski definition) is 6. The molecule has 3 aromatic rings. The monoisotopic (exact) mass is 528 g/mol. The van der Waals surface area contributed by atoms with Crippen molar-refractivity contribution in [1.29, 1.82) is 0 Å². The summed E-state index contributed by atoms with van der Waals surface area (Å²) in [6, 6.07) is 11.6. The van der Waals surface area contributed by atoms with Gasteiger partial charge in [-0.15, -0.1) is 10.2 Å². The second-order valence-corrected chi connectivity index (χ2v) is 10.5. The van der Waals surface area contributed by atoms with Gasteiger partial charge in [-0.2, -0.15) is 4.80 Å². The molecule has 2 atom stereocenters. The van der Waals surface area contributed by atoms with Gasteiger partial charge in [0.25, 0.3) is 0 Å². The second-order valence-electron chi connectivity index (χ2n) is 10.0. The number of aromatic nitrogens is 4. The first-order valence-electron chi connectivity index (χ1n) is 12.1. The van der Waals surface area contributed by atoms with Crippen LogP contribution < -0.4 is 5.32 Å². The van der Waals surface area contributed by atoms with E-state index < -0.39 is 11.6 Å². The van der Waals surface area contributed by atoms with Crippen molar-refractivity contribution in [2.45, 2.75) is 57.8 Å². The molecule has 0 aliphatic carbocycles. The fraction of sp³-hybridized carbons (Fsp3) is 0.423.